The van der Waals surface area contributed by atoms with Crippen LogP contribution in [0, 0.1) is 11.8 Å². The fourth-order valence-electron chi connectivity index (χ4n) is 2.66. The van der Waals surface area contributed by atoms with Crippen molar-refractivity contribution in [3.8, 4) is 0 Å². The van der Waals surface area contributed by atoms with E-state index in [1.807, 2.05) is 13.8 Å². The third-order valence-electron chi connectivity index (χ3n) is 3.75. The number of hydrogen-bond donors (Lipinski definition) is 4. The van der Waals surface area contributed by atoms with Crippen molar-refractivity contribution >= 4 is 11.9 Å². The second-order valence-corrected chi connectivity index (χ2v) is 6.05. The average Bonchev–Trinajstić information content (AvgIpc) is 2.35. The zero-order valence-corrected chi connectivity index (χ0v) is 12.4. The zero-order valence-electron chi connectivity index (χ0n) is 12.4. The van der Waals surface area contributed by atoms with Crippen LogP contribution < -0.4 is 16.4 Å². The molecule has 0 aromatic heterocycles. The van der Waals surface area contributed by atoms with Gasteiger partial charge in [0, 0.05) is 12.5 Å². The molecule has 5 N–H and O–H groups in total. The van der Waals surface area contributed by atoms with Crippen LogP contribution in [0.5, 0.6) is 0 Å². The molecule has 20 heavy (non-hydrogen) atoms. The van der Waals surface area contributed by atoms with Gasteiger partial charge in [-0.15, -0.1) is 0 Å². The molecule has 0 spiro atoms. The van der Waals surface area contributed by atoms with Crippen LogP contribution >= 0.6 is 0 Å². The van der Waals surface area contributed by atoms with Gasteiger partial charge in [0.2, 0.25) is 5.91 Å². The average molecular weight is 285 g/mol. The molecule has 0 aliphatic heterocycles. The van der Waals surface area contributed by atoms with Gasteiger partial charge in [-0.1, -0.05) is 26.7 Å². The Hall–Kier alpha value is -1.30. The first-order valence-corrected chi connectivity index (χ1v) is 7.42. The van der Waals surface area contributed by atoms with Crippen LogP contribution in [0.1, 0.15) is 46.0 Å². The Morgan fingerprint density at radius 1 is 1.30 bits per heavy atom. The third kappa shape index (κ3) is 5.77. The molecule has 0 aromatic rings. The van der Waals surface area contributed by atoms with Crippen molar-refractivity contribution in [2.24, 2.45) is 17.6 Å². The van der Waals surface area contributed by atoms with Crippen LogP contribution in [0.2, 0.25) is 0 Å². The van der Waals surface area contributed by atoms with E-state index in [1.54, 1.807) is 0 Å². The van der Waals surface area contributed by atoms with E-state index in [0.29, 0.717) is 13.0 Å². The number of nitrogens with two attached hydrogens (primary N) is 1. The molecule has 0 saturated heterocycles. The van der Waals surface area contributed by atoms with Crippen LogP contribution in [0.4, 0.5) is 4.79 Å². The van der Waals surface area contributed by atoms with Gasteiger partial charge in [0.1, 0.15) is 6.04 Å². The normalized spacial score (nSPS) is 24.2. The number of aliphatic hydroxyl groups is 1. The summed E-state index contributed by atoms with van der Waals surface area (Å²) in [5.41, 5.74) is 5.10. The summed E-state index contributed by atoms with van der Waals surface area (Å²) in [4.78, 5) is 23.0. The van der Waals surface area contributed by atoms with Gasteiger partial charge in [0.15, 0.2) is 0 Å². The Bertz CT molecular complexity index is 334. The van der Waals surface area contributed by atoms with E-state index in [2.05, 4.69) is 10.6 Å². The molecule has 0 aromatic carbocycles. The molecule has 1 aliphatic carbocycles. The van der Waals surface area contributed by atoms with Gasteiger partial charge >= 0.3 is 6.03 Å². The summed E-state index contributed by atoms with van der Waals surface area (Å²) < 4.78 is 0. The topological polar surface area (TPSA) is 104 Å². The maximum absolute atomic E-state index is 12.1. The van der Waals surface area contributed by atoms with Crippen molar-refractivity contribution in [2.75, 3.05) is 6.54 Å². The molecular weight excluding hydrogens is 258 g/mol. The van der Waals surface area contributed by atoms with Gasteiger partial charge in [0.25, 0.3) is 0 Å². The van der Waals surface area contributed by atoms with E-state index in [0.717, 1.165) is 25.7 Å². The summed E-state index contributed by atoms with van der Waals surface area (Å²) >= 11 is 0. The summed E-state index contributed by atoms with van der Waals surface area (Å²) in [5, 5.41) is 15.2. The Morgan fingerprint density at radius 2 is 1.95 bits per heavy atom. The highest BCUT2D eigenvalue weighted by Crippen LogP contribution is 2.23. The molecule has 1 fully saturated rings. The van der Waals surface area contributed by atoms with Gasteiger partial charge in [0.05, 0.1) is 6.10 Å². The maximum atomic E-state index is 12.1. The van der Waals surface area contributed by atoms with Crippen LogP contribution in [0.3, 0.4) is 0 Å². The molecule has 1 saturated carbocycles. The largest absolute Gasteiger partial charge is 0.393 e. The van der Waals surface area contributed by atoms with Gasteiger partial charge < -0.3 is 21.5 Å². The quantitative estimate of drug-likeness (QED) is 0.578. The summed E-state index contributed by atoms with van der Waals surface area (Å²) in [7, 11) is 0. The van der Waals surface area contributed by atoms with Crippen LogP contribution in [0.25, 0.3) is 0 Å². The second-order valence-electron chi connectivity index (χ2n) is 6.05. The van der Waals surface area contributed by atoms with Crippen molar-refractivity contribution in [3.63, 3.8) is 0 Å². The van der Waals surface area contributed by atoms with E-state index < -0.39 is 12.1 Å². The van der Waals surface area contributed by atoms with E-state index in [-0.39, 0.29) is 23.8 Å². The van der Waals surface area contributed by atoms with Gasteiger partial charge in [-0.25, -0.2) is 4.79 Å². The molecule has 3 unspecified atom stereocenters. The van der Waals surface area contributed by atoms with Crippen molar-refractivity contribution in [2.45, 2.75) is 58.1 Å². The molecule has 1 rings (SSSR count). The second kappa shape index (κ2) is 8.09. The van der Waals surface area contributed by atoms with E-state index >= 15 is 0 Å². The summed E-state index contributed by atoms with van der Waals surface area (Å²) in [6.07, 6.45) is 4.07. The third-order valence-corrected chi connectivity index (χ3v) is 3.75. The lowest BCUT2D eigenvalue weighted by atomic mass is 9.86. The van der Waals surface area contributed by atoms with Crippen molar-refractivity contribution in [1.29, 1.82) is 0 Å². The fraction of sp³-hybridized carbons (Fsp3) is 0.857. The number of rotatable bonds is 6. The lowest BCUT2D eigenvalue weighted by molar-refractivity contribution is -0.123. The fourth-order valence-corrected chi connectivity index (χ4v) is 2.66. The van der Waals surface area contributed by atoms with Gasteiger partial charge in [-0.05, 0) is 25.2 Å². The monoisotopic (exact) mass is 285 g/mol. The van der Waals surface area contributed by atoms with Crippen molar-refractivity contribution in [3.05, 3.63) is 0 Å². The minimum Gasteiger partial charge on any atom is -0.393 e. The number of carbonyl (C=O) groups excluding carboxylic acids is 2. The molecule has 0 bridgehead atoms. The maximum Gasteiger partial charge on any atom is 0.312 e. The molecule has 116 valence electrons. The smallest absolute Gasteiger partial charge is 0.312 e. The minimum atomic E-state index is -0.691. The van der Waals surface area contributed by atoms with E-state index in [1.165, 1.54) is 0 Å². The van der Waals surface area contributed by atoms with E-state index in [9.17, 15) is 14.7 Å². The lowest BCUT2D eigenvalue weighted by Gasteiger charge is -2.28. The standard InChI is InChI=1S/C14H27N3O3/c1-9(2)7-11(17-14(15)20)13(19)16-8-10-5-3-4-6-12(10)18/h9-12,18H,3-8H2,1-2H3,(H,16,19)(H3,15,17,20). The number of primary amides is 1. The molecule has 0 heterocycles. The Morgan fingerprint density at radius 3 is 2.50 bits per heavy atom. The molecule has 6 heteroatoms. The number of nitrogens with one attached hydrogen (secondary N) is 2. The molecule has 3 atom stereocenters. The number of aliphatic hydroxyl groups excluding tert-OH is 1. The first-order valence-electron chi connectivity index (χ1n) is 7.42. The first kappa shape index (κ1) is 16.8. The van der Waals surface area contributed by atoms with Crippen molar-refractivity contribution in [1.82, 2.24) is 10.6 Å². The minimum absolute atomic E-state index is 0.112. The number of carbonyl (C=O) groups is 2. The Balaban J connectivity index is 2.45. The molecule has 6 nitrogen and oxygen atoms in total. The molecular formula is C14H27N3O3. The molecule has 3 amide bonds. The highest BCUT2D eigenvalue weighted by molar-refractivity contribution is 5.86. The number of urea groups is 1. The van der Waals surface area contributed by atoms with Gasteiger partial charge in [-0.3, -0.25) is 4.79 Å². The zero-order chi connectivity index (χ0) is 15.1. The van der Waals surface area contributed by atoms with Gasteiger partial charge in [-0.2, -0.15) is 0 Å². The summed E-state index contributed by atoms with van der Waals surface area (Å²) in [5.74, 6) is 0.161. The van der Waals surface area contributed by atoms with Crippen molar-refractivity contribution < 1.29 is 14.7 Å². The molecule has 0 radical (unpaired) electrons. The van der Waals surface area contributed by atoms with Crippen LogP contribution in [-0.4, -0.2) is 35.7 Å². The summed E-state index contributed by atoms with van der Waals surface area (Å²) in [6.45, 7) is 4.41. The number of amides is 3. The van der Waals surface area contributed by atoms with Crippen LogP contribution in [0.15, 0.2) is 0 Å². The molecule has 1 aliphatic rings. The predicted molar refractivity (Wildman–Crippen MR) is 76.9 cm³/mol. The van der Waals surface area contributed by atoms with Crippen LogP contribution in [-0.2, 0) is 4.79 Å². The number of hydrogen-bond acceptors (Lipinski definition) is 3. The lowest BCUT2D eigenvalue weighted by Crippen LogP contribution is -2.50. The Labute approximate surface area is 120 Å². The summed E-state index contributed by atoms with van der Waals surface area (Å²) in [6, 6.07) is -1.29. The first-order chi connectivity index (χ1) is 9.40. The highest BCUT2D eigenvalue weighted by Gasteiger charge is 2.26. The Kier molecular flexibility index (Phi) is 6.78. The highest BCUT2D eigenvalue weighted by atomic mass is 16.3. The predicted octanol–water partition coefficient (Wildman–Crippen LogP) is 0.737. The SMILES string of the molecule is CC(C)CC(NC(N)=O)C(=O)NCC1CCCCC1O. The van der Waals surface area contributed by atoms with E-state index in [4.69, 9.17) is 5.73 Å².